The molecule has 3 heteroatoms. The van der Waals surface area contributed by atoms with Crippen molar-refractivity contribution in [3.05, 3.63) is 23.9 Å². The van der Waals surface area contributed by atoms with Crippen molar-refractivity contribution in [3.63, 3.8) is 0 Å². The van der Waals surface area contributed by atoms with E-state index >= 15 is 0 Å². The molecule has 0 bridgehead atoms. The van der Waals surface area contributed by atoms with Crippen LogP contribution < -0.4 is 10.6 Å². The maximum atomic E-state index is 4.44. The maximum Gasteiger partial charge on any atom is 0.125 e. The first-order valence-corrected chi connectivity index (χ1v) is 6.33. The minimum absolute atomic E-state index is 0.525. The van der Waals surface area contributed by atoms with Gasteiger partial charge in [-0.15, -0.1) is 0 Å². The Morgan fingerprint density at radius 2 is 2.44 bits per heavy atom. The Kier molecular flexibility index (Phi) is 4.17. The molecule has 2 rings (SSSR count). The van der Waals surface area contributed by atoms with E-state index in [9.17, 15) is 0 Å². The summed E-state index contributed by atoms with van der Waals surface area (Å²) in [5.41, 5.74) is 1.32. The van der Waals surface area contributed by atoms with E-state index in [1.807, 2.05) is 6.20 Å². The summed E-state index contributed by atoms with van der Waals surface area (Å²) in [4.78, 5) is 4.44. The minimum Gasteiger partial charge on any atom is -0.370 e. The summed E-state index contributed by atoms with van der Waals surface area (Å²) >= 11 is 0. The van der Waals surface area contributed by atoms with Crippen LogP contribution in [0.5, 0.6) is 0 Å². The van der Waals surface area contributed by atoms with Crippen LogP contribution >= 0.6 is 0 Å². The van der Waals surface area contributed by atoms with Crippen molar-refractivity contribution in [2.24, 2.45) is 0 Å². The lowest BCUT2D eigenvalue weighted by Gasteiger charge is -2.11. The predicted molar refractivity (Wildman–Crippen MR) is 67.6 cm³/mol. The Labute approximate surface area is 97.7 Å². The second kappa shape index (κ2) is 5.85. The number of aromatic nitrogens is 1. The van der Waals surface area contributed by atoms with E-state index < -0.39 is 0 Å². The van der Waals surface area contributed by atoms with Crippen molar-refractivity contribution in [1.29, 1.82) is 0 Å². The van der Waals surface area contributed by atoms with E-state index in [0.29, 0.717) is 6.04 Å². The smallest absolute Gasteiger partial charge is 0.125 e. The van der Waals surface area contributed by atoms with Gasteiger partial charge in [0.1, 0.15) is 5.82 Å². The fraction of sp³-hybridized carbons (Fsp3) is 0.615. The fourth-order valence-corrected chi connectivity index (χ4v) is 2.08. The van der Waals surface area contributed by atoms with Crippen LogP contribution in [-0.2, 0) is 0 Å². The Bertz CT molecular complexity index is 301. The molecule has 1 saturated heterocycles. The van der Waals surface area contributed by atoms with E-state index in [1.54, 1.807) is 0 Å². The average molecular weight is 219 g/mol. The largest absolute Gasteiger partial charge is 0.370 e. The molecule has 0 spiro atoms. The molecular formula is C13H21N3. The van der Waals surface area contributed by atoms with Crippen LogP contribution in [0.1, 0.15) is 44.2 Å². The lowest BCUT2D eigenvalue weighted by atomic mass is 10.1. The molecule has 3 nitrogen and oxygen atoms in total. The standard InChI is InChI=1S/C13H21N3/c1-2-3-8-15-13-7-6-11(10-16-13)12-5-4-9-14-12/h6-7,10,12,14H,2-5,8-9H2,1H3,(H,15,16). The SMILES string of the molecule is CCCCNc1ccc(C2CCCN2)cn1. The number of nitrogens with one attached hydrogen (secondary N) is 2. The van der Waals surface area contributed by atoms with Crippen LogP contribution in [0.3, 0.4) is 0 Å². The summed E-state index contributed by atoms with van der Waals surface area (Å²) in [5.74, 6) is 0.996. The Morgan fingerprint density at radius 3 is 3.06 bits per heavy atom. The van der Waals surface area contributed by atoms with Crippen molar-refractivity contribution in [2.45, 2.75) is 38.6 Å². The van der Waals surface area contributed by atoms with E-state index in [2.05, 4.69) is 34.7 Å². The highest BCUT2D eigenvalue weighted by molar-refractivity contribution is 5.36. The van der Waals surface area contributed by atoms with Gasteiger partial charge in [-0.25, -0.2) is 4.98 Å². The molecule has 1 aliphatic heterocycles. The molecule has 2 heterocycles. The number of anilines is 1. The predicted octanol–water partition coefficient (Wildman–Crippen LogP) is 2.72. The van der Waals surface area contributed by atoms with Gasteiger partial charge < -0.3 is 10.6 Å². The molecule has 88 valence electrons. The van der Waals surface area contributed by atoms with Crippen LogP contribution in [0, 0.1) is 0 Å². The van der Waals surface area contributed by atoms with E-state index in [1.165, 1.54) is 31.2 Å². The molecule has 16 heavy (non-hydrogen) atoms. The van der Waals surface area contributed by atoms with Gasteiger partial charge in [0.2, 0.25) is 0 Å². The Morgan fingerprint density at radius 1 is 1.50 bits per heavy atom. The summed E-state index contributed by atoms with van der Waals surface area (Å²) < 4.78 is 0. The number of pyridine rings is 1. The highest BCUT2D eigenvalue weighted by Gasteiger charge is 2.15. The van der Waals surface area contributed by atoms with E-state index in [-0.39, 0.29) is 0 Å². The van der Waals surface area contributed by atoms with E-state index in [4.69, 9.17) is 0 Å². The van der Waals surface area contributed by atoms with Crippen molar-refractivity contribution in [3.8, 4) is 0 Å². The quantitative estimate of drug-likeness (QED) is 0.748. The normalized spacial score (nSPS) is 19.9. The fourth-order valence-electron chi connectivity index (χ4n) is 2.08. The number of unbranched alkanes of at least 4 members (excludes halogenated alkanes) is 1. The van der Waals surface area contributed by atoms with Gasteiger partial charge in [0.05, 0.1) is 0 Å². The van der Waals surface area contributed by atoms with Gasteiger partial charge in [-0.1, -0.05) is 19.4 Å². The molecular weight excluding hydrogens is 198 g/mol. The third-order valence-electron chi connectivity index (χ3n) is 3.09. The molecule has 1 aromatic rings. The first-order valence-electron chi connectivity index (χ1n) is 6.33. The first kappa shape index (κ1) is 11.4. The van der Waals surface area contributed by atoms with Gasteiger partial charge in [0.25, 0.3) is 0 Å². The van der Waals surface area contributed by atoms with Gasteiger partial charge >= 0.3 is 0 Å². The second-order valence-corrected chi connectivity index (χ2v) is 4.41. The maximum absolute atomic E-state index is 4.44. The minimum atomic E-state index is 0.525. The molecule has 0 radical (unpaired) electrons. The van der Waals surface area contributed by atoms with Crippen LogP contribution in [0.15, 0.2) is 18.3 Å². The summed E-state index contributed by atoms with van der Waals surface area (Å²) in [6.07, 6.45) is 6.94. The van der Waals surface area contributed by atoms with Gasteiger partial charge in [-0.3, -0.25) is 0 Å². The summed E-state index contributed by atoms with van der Waals surface area (Å²) in [5, 5.41) is 6.82. The molecule has 1 aromatic heterocycles. The highest BCUT2D eigenvalue weighted by atomic mass is 15.0. The molecule has 0 aromatic carbocycles. The molecule has 0 aliphatic carbocycles. The number of hydrogen-bond acceptors (Lipinski definition) is 3. The van der Waals surface area contributed by atoms with Gasteiger partial charge in [0.15, 0.2) is 0 Å². The lowest BCUT2D eigenvalue weighted by molar-refractivity contribution is 0.645. The summed E-state index contributed by atoms with van der Waals surface area (Å²) in [6.45, 7) is 4.36. The van der Waals surface area contributed by atoms with Crippen molar-refractivity contribution in [1.82, 2.24) is 10.3 Å². The summed E-state index contributed by atoms with van der Waals surface area (Å²) in [7, 11) is 0. The average Bonchev–Trinajstić information content (AvgIpc) is 2.84. The Hall–Kier alpha value is -1.09. The second-order valence-electron chi connectivity index (χ2n) is 4.41. The van der Waals surface area contributed by atoms with E-state index in [0.717, 1.165) is 18.9 Å². The number of rotatable bonds is 5. The van der Waals surface area contributed by atoms with Crippen molar-refractivity contribution >= 4 is 5.82 Å². The number of hydrogen-bond donors (Lipinski definition) is 2. The monoisotopic (exact) mass is 219 g/mol. The molecule has 1 unspecified atom stereocenters. The van der Waals surface area contributed by atoms with Crippen molar-refractivity contribution in [2.75, 3.05) is 18.4 Å². The van der Waals surface area contributed by atoms with Gasteiger partial charge in [0, 0.05) is 18.8 Å². The molecule has 0 saturated carbocycles. The van der Waals surface area contributed by atoms with Crippen LogP contribution in [0.25, 0.3) is 0 Å². The third-order valence-corrected chi connectivity index (χ3v) is 3.09. The first-order chi connectivity index (χ1) is 7.90. The molecule has 1 atom stereocenters. The van der Waals surface area contributed by atoms with Crippen LogP contribution in [0.4, 0.5) is 5.82 Å². The highest BCUT2D eigenvalue weighted by Crippen LogP contribution is 2.22. The van der Waals surface area contributed by atoms with Crippen LogP contribution in [0.2, 0.25) is 0 Å². The Balaban J connectivity index is 1.88. The van der Waals surface area contributed by atoms with Gasteiger partial charge in [-0.05, 0) is 37.4 Å². The molecule has 0 amide bonds. The third kappa shape index (κ3) is 2.95. The lowest BCUT2D eigenvalue weighted by Crippen LogP contribution is -2.13. The summed E-state index contributed by atoms with van der Waals surface area (Å²) in [6, 6.07) is 4.80. The molecule has 1 fully saturated rings. The zero-order valence-corrected chi connectivity index (χ0v) is 10.00. The topological polar surface area (TPSA) is 37.0 Å². The van der Waals surface area contributed by atoms with Crippen LogP contribution in [-0.4, -0.2) is 18.1 Å². The molecule has 2 N–H and O–H groups in total. The zero-order chi connectivity index (χ0) is 11.2. The zero-order valence-electron chi connectivity index (χ0n) is 10.00. The van der Waals surface area contributed by atoms with Crippen molar-refractivity contribution < 1.29 is 0 Å². The van der Waals surface area contributed by atoms with Gasteiger partial charge in [-0.2, -0.15) is 0 Å². The number of nitrogens with zero attached hydrogens (tertiary/aromatic N) is 1. The molecule has 1 aliphatic rings.